The van der Waals surface area contributed by atoms with E-state index in [1.54, 1.807) is 18.2 Å². The van der Waals surface area contributed by atoms with Crippen LogP contribution in [0.1, 0.15) is 22.7 Å². The lowest BCUT2D eigenvalue weighted by atomic mass is 9.98. The second-order valence-electron chi connectivity index (χ2n) is 6.41. The summed E-state index contributed by atoms with van der Waals surface area (Å²) in [6.07, 6.45) is 0. The average molecular weight is 397 g/mol. The van der Waals surface area contributed by atoms with Crippen molar-refractivity contribution in [1.29, 1.82) is 0 Å². The quantitative estimate of drug-likeness (QED) is 0.589. The van der Waals surface area contributed by atoms with E-state index in [-0.39, 0.29) is 18.3 Å². The smallest absolute Gasteiger partial charge is 0.387 e. The summed E-state index contributed by atoms with van der Waals surface area (Å²) in [5, 5.41) is 2.95. The van der Waals surface area contributed by atoms with Gasteiger partial charge in [-0.1, -0.05) is 60.7 Å². The van der Waals surface area contributed by atoms with Gasteiger partial charge in [0.05, 0.1) is 6.04 Å². The zero-order valence-electron chi connectivity index (χ0n) is 15.8. The van der Waals surface area contributed by atoms with Crippen LogP contribution in [0.2, 0.25) is 0 Å². The number of carbonyl (C=O) groups is 1. The standard InChI is InChI=1S/C23H21F2NO3/c1-16-7-5-6-10-20(16)28-15-21(27)26-22(17-8-3-2-4-9-17)18-11-13-19(14-12-18)29-23(24)25/h2-14,22-23H,15H2,1H3,(H,26,27). The maximum atomic E-state index is 12.5. The Morgan fingerprint density at radius 1 is 0.897 bits per heavy atom. The van der Waals surface area contributed by atoms with Gasteiger partial charge < -0.3 is 14.8 Å². The molecule has 6 heteroatoms. The van der Waals surface area contributed by atoms with Gasteiger partial charge in [-0.15, -0.1) is 0 Å². The molecule has 0 heterocycles. The number of alkyl halides is 2. The highest BCUT2D eigenvalue weighted by Gasteiger charge is 2.18. The predicted molar refractivity (Wildman–Crippen MR) is 106 cm³/mol. The number of carbonyl (C=O) groups excluding carboxylic acids is 1. The third-order valence-corrected chi connectivity index (χ3v) is 4.33. The van der Waals surface area contributed by atoms with E-state index in [9.17, 15) is 13.6 Å². The van der Waals surface area contributed by atoms with Crippen LogP contribution in [-0.2, 0) is 4.79 Å². The van der Waals surface area contributed by atoms with Gasteiger partial charge in [0, 0.05) is 0 Å². The van der Waals surface area contributed by atoms with Crippen LogP contribution in [0, 0.1) is 6.92 Å². The van der Waals surface area contributed by atoms with Crippen molar-refractivity contribution in [1.82, 2.24) is 5.32 Å². The first-order valence-corrected chi connectivity index (χ1v) is 9.10. The first-order valence-electron chi connectivity index (χ1n) is 9.10. The Kier molecular flexibility index (Phi) is 6.79. The maximum absolute atomic E-state index is 12.5. The lowest BCUT2D eigenvalue weighted by Crippen LogP contribution is -2.33. The van der Waals surface area contributed by atoms with E-state index >= 15 is 0 Å². The van der Waals surface area contributed by atoms with Crippen LogP contribution >= 0.6 is 0 Å². The number of aryl methyl sites for hydroxylation is 1. The number of amides is 1. The van der Waals surface area contributed by atoms with Crippen LogP contribution in [-0.4, -0.2) is 19.1 Å². The molecule has 3 rings (SSSR count). The van der Waals surface area contributed by atoms with Crippen LogP contribution in [0.3, 0.4) is 0 Å². The summed E-state index contributed by atoms with van der Waals surface area (Å²) in [7, 11) is 0. The Balaban J connectivity index is 1.74. The fraction of sp³-hybridized carbons (Fsp3) is 0.174. The van der Waals surface area contributed by atoms with Crippen molar-refractivity contribution in [2.24, 2.45) is 0 Å². The van der Waals surface area contributed by atoms with E-state index in [1.807, 2.05) is 55.5 Å². The van der Waals surface area contributed by atoms with Gasteiger partial charge in [-0.2, -0.15) is 8.78 Å². The molecule has 0 aliphatic rings. The molecule has 150 valence electrons. The van der Waals surface area contributed by atoms with Crippen molar-refractivity contribution in [3.8, 4) is 11.5 Å². The summed E-state index contributed by atoms with van der Waals surface area (Å²) >= 11 is 0. The van der Waals surface area contributed by atoms with Gasteiger partial charge in [0.1, 0.15) is 11.5 Å². The number of rotatable bonds is 8. The fourth-order valence-electron chi connectivity index (χ4n) is 2.91. The minimum absolute atomic E-state index is 0.0600. The number of benzene rings is 3. The third-order valence-electron chi connectivity index (χ3n) is 4.33. The van der Waals surface area contributed by atoms with Gasteiger partial charge >= 0.3 is 6.61 Å². The summed E-state index contributed by atoms with van der Waals surface area (Å²) in [6, 6.07) is 22.6. The molecular formula is C23H21F2NO3. The van der Waals surface area contributed by atoms with Crippen molar-refractivity contribution in [3.63, 3.8) is 0 Å². The van der Waals surface area contributed by atoms with Gasteiger partial charge in [-0.05, 0) is 41.8 Å². The number of nitrogens with one attached hydrogen (secondary N) is 1. The predicted octanol–water partition coefficient (Wildman–Crippen LogP) is 4.88. The lowest BCUT2D eigenvalue weighted by Gasteiger charge is -2.20. The van der Waals surface area contributed by atoms with Gasteiger partial charge in [-0.3, -0.25) is 4.79 Å². The summed E-state index contributed by atoms with van der Waals surface area (Å²) in [6.45, 7) is -1.12. The molecule has 0 aliphatic carbocycles. The molecule has 0 aliphatic heterocycles. The number of hydrogen-bond donors (Lipinski definition) is 1. The highest BCUT2D eigenvalue weighted by Crippen LogP contribution is 2.25. The summed E-state index contributed by atoms with van der Waals surface area (Å²) in [4.78, 5) is 12.5. The molecule has 0 spiro atoms. The van der Waals surface area contributed by atoms with Crippen molar-refractivity contribution < 1.29 is 23.0 Å². The van der Waals surface area contributed by atoms with Crippen molar-refractivity contribution in [2.45, 2.75) is 19.6 Å². The Labute approximate surface area is 168 Å². The third kappa shape index (κ3) is 5.78. The largest absolute Gasteiger partial charge is 0.484 e. The number of halogens is 2. The Bertz CT molecular complexity index is 930. The van der Waals surface area contributed by atoms with Crippen LogP contribution in [0.4, 0.5) is 8.78 Å². The van der Waals surface area contributed by atoms with Crippen molar-refractivity contribution in [3.05, 3.63) is 95.6 Å². The minimum Gasteiger partial charge on any atom is -0.484 e. The Morgan fingerprint density at radius 3 is 2.17 bits per heavy atom. The minimum atomic E-state index is -2.89. The van der Waals surface area contributed by atoms with Crippen LogP contribution in [0.25, 0.3) is 0 Å². The molecule has 3 aromatic rings. The zero-order valence-corrected chi connectivity index (χ0v) is 15.8. The molecule has 1 amide bonds. The van der Waals surface area contributed by atoms with Gasteiger partial charge in [-0.25, -0.2) is 0 Å². The van der Waals surface area contributed by atoms with E-state index in [0.717, 1.165) is 16.7 Å². The summed E-state index contributed by atoms with van der Waals surface area (Å²) < 4.78 is 34.8. The molecule has 0 radical (unpaired) electrons. The fourth-order valence-corrected chi connectivity index (χ4v) is 2.91. The van der Waals surface area contributed by atoms with Crippen LogP contribution < -0.4 is 14.8 Å². The molecule has 29 heavy (non-hydrogen) atoms. The topological polar surface area (TPSA) is 47.6 Å². The first-order chi connectivity index (χ1) is 14.0. The van der Waals surface area contributed by atoms with Crippen molar-refractivity contribution in [2.75, 3.05) is 6.61 Å². The molecule has 0 fully saturated rings. The van der Waals surface area contributed by atoms with E-state index in [1.165, 1.54) is 12.1 Å². The summed E-state index contributed by atoms with van der Waals surface area (Å²) in [5.41, 5.74) is 2.54. The molecule has 1 atom stereocenters. The van der Waals surface area contributed by atoms with Crippen LogP contribution in [0.15, 0.2) is 78.9 Å². The molecule has 3 aromatic carbocycles. The molecule has 1 N–H and O–H groups in total. The Morgan fingerprint density at radius 2 is 1.52 bits per heavy atom. The monoisotopic (exact) mass is 397 g/mol. The van der Waals surface area contributed by atoms with E-state index in [4.69, 9.17) is 4.74 Å². The van der Waals surface area contributed by atoms with E-state index in [0.29, 0.717) is 5.75 Å². The zero-order chi connectivity index (χ0) is 20.6. The molecule has 1 unspecified atom stereocenters. The second-order valence-corrected chi connectivity index (χ2v) is 6.41. The van der Waals surface area contributed by atoms with Crippen molar-refractivity contribution >= 4 is 5.91 Å². The Hall–Kier alpha value is -3.41. The van der Waals surface area contributed by atoms with E-state index in [2.05, 4.69) is 10.1 Å². The molecule has 0 saturated carbocycles. The van der Waals surface area contributed by atoms with Gasteiger partial charge in [0.15, 0.2) is 6.61 Å². The summed E-state index contributed by atoms with van der Waals surface area (Å²) in [5.74, 6) is 0.409. The van der Waals surface area contributed by atoms with Gasteiger partial charge in [0.25, 0.3) is 5.91 Å². The number of para-hydroxylation sites is 1. The molecule has 4 nitrogen and oxygen atoms in total. The molecular weight excluding hydrogens is 376 g/mol. The normalized spacial score (nSPS) is 11.7. The average Bonchev–Trinajstić information content (AvgIpc) is 2.72. The van der Waals surface area contributed by atoms with Crippen LogP contribution in [0.5, 0.6) is 11.5 Å². The first kappa shape index (κ1) is 20.3. The van der Waals surface area contributed by atoms with Gasteiger partial charge in [0.2, 0.25) is 0 Å². The molecule has 0 saturated heterocycles. The van der Waals surface area contributed by atoms with E-state index < -0.39 is 12.7 Å². The lowest BCUT2D eigenvalue weighted by molar-refractivity contribution is -0.123. The molecule has 0 bridgehead atoms. The highest BCUT2D eigenvalue weighted by molar-refractivity contribution is 5.78. The second kappa shape index (κ2) is 9.68. The number of ether oxygens (including phenoxy) is 2. The highest BCUT2D eigenvalue weighted by atomic mass is 19.3. The number of hydrogen-bond acceptors (Lipinski definition) is 3. The SMILES string of the molecule is Cc1ccccc1OCC(=O)NC(c1ccccc1)c1ccc(OC(F)F)cc1. The maximum Gasteiger partial charge on any atom is 0.387 e. The molecule has 0 aromatic heterocycles.